The van der Waals surface area contributed by atoms with E-state index in [0.717, 1.165) is 0 Å². The number of benzene rings is 2. The second-order valence-corrected chi connectivity index (χ2v) is 15.0. The number of phenolic OH excluding ortho intramolecular Hbond substituents is 2. The Labute approximate surface area is 290 Å². The molecule has 0 unspecified atom stereocenters. The first-order valence-electron chi connectivity index (χ1n) is 17.1. The van der Waals surface area contributed by atoms with Crippen LogP contribution in [0.4, 0.5) is 0 Å². The number of carbonyl (C=O) groups is 3. The SMILES string of the molecule is COc1cccc2c1C(=O)c1c(O)c3c(c(O)c1C2=O)C[C@@](O)(C(=O)COC(C)(C)C)C[C@@H]3C[C@H]1C[C@H]2[C@H](O[C@@H]3[C@@H](OC)OCCN32)[C@H](C)O1. The summed E-state index contributed by atoms with van der Waals surface area (Å²) >= 11 is 0. The lowest BCUT2D eigenvalue weighted by atomic mass is 9.67. The van der Waals surface area contributed by atoms with Crippen LogP contribution >= 0.6 is 0 Å². The highest BCUT2D eigenvalue weighted by atomic mass is 16.7. The van der Waals surface area contributed by atoms with Crippen molar-refractivity contribution in [2.45, 2.75) is 107 Å². The number of hydrogen-bond donors (Lipinski definition) is 3. The molecule has 270 valence electrons. The van der Waals surface area contributed by atoms with Crippen LogP contribution in [0.5, 0.6) is 17.2 Å². The van der Waals surface area contributed by atoms with E-state index in [1.54, 1.807) is 40.0 Å². The van der Waals surface area contributed by atoms with E-state index in [1.807, 2.05) is 6.92 Å². The fourth-order valence-corrected chi connectivity index (χ4v) is 8.57. The molecule has 3 N–H and O–H groups in total. The number of phenols is 2. The van der Waals surface area contributed by atoms with Gasteiger partial charge in [0.2, 0.25) is 5.78 Å². The number of aliphatic hydroxyl groups is 1. The van der Waals surface area contributed by atoms with Crippen LogP contribution in [0, 0.1) is 0 Å². The summed E-state index contributed by atoms with van der Waals surface area (Å²) < 4.78 is 35.3. The van der Waals surface area contributed by atoms with Crippen molar-refractivity contribution in [3.63, 3.8) is 0 Å². The Morgan fingerprint density at radius 2 is 1.80 bits per heavy atom. The Kier molecular flexibility index (Phi) is 8.86. The number of carbonyl (C=O) groups excluding carboxylic acids is 3. The molecule has 0 spiro atoms. The van der Waals surface area contributed by atoms with Gasteiger partial charge in [-0.2, -0.15) is 0 Å². The fraction of sp³-hybridized carbons (Fsp3) is 0.595. The maximum absolute atomic E-state index is 14.1. The standard InChI is InChI=1S/C37H45NO12/c1-17-33-22(38-10-11-47-35(46-6)34(38)50-33)13-19(49-17)12-18-14-37(44,24(39)16-48-36(2,3)4)15-21-25(18)31(42)28-27(30(21)41)29(40)20-8-7-9-23(45-5)26(20)32(28)43/h7-9,17-19,22,33-35,41-42,44H,10-16H2,1-6H3/t17-,18-,19-,22-,33+,34+,35-,37+/m0/s1. The Morgan fingerprint density at radius 1 is 1.06 bits per heavy atom. The van der Waals surface area contributed by atoms with Crippen molar-refractivity contribution in [1.82, 2.24) is 4.90 Å². The van der Waals surface area contributed by atoms with E-state index in [-0.39, 0.29) is 76.8 Å². The van der Waals surface area contributed by atoms with Crippen molar-refractivity contribution in [2.24, 2.45) is 0 Å². The first-order valence-corrected chi connectivity index (χ1v) is 17.1. The number of fused-ring (bicyclic) bond motifs is 6. The van der Waals surface area contributed by atoms with Crippen molar-refractivity contribution >= 4 is 17.3 Å². The molecule has 0 amide bonds. The molecule has 0 bridgehead atoms. The minimum Gasteiger partial charge on any atom is -0.507 e. The minimum atomic E-state index is -2.01. The molecule has 2 aromatic rings. The predicted octanol–water partition coefficient (Wildman–Crippen LogP) is 2.99. The second kappa shape index (κ2) is 12.7. The molecule has 0 saturated carbocycles. The molecule has 13 nitrogen and oxygen atoms in total. The van der Waals surface area contributed by atoms with Crippen LogP contribution in [0.25, 0.3) is 0 Å². The van der Waals surface area contributed by atoms with Crippen LogP contribution in [-0.4, -0.2) is 120 Å². The van der Waals surface area contributed by atoms with Gasteiger partial charge in [0.05, 0.1) is 48.2 Å². The summed E-state index contributed by atoms with van der Waals surface area (Å²) in [5.74, 6) is -3.55. The molecule has 13 heteroatoms. The summed E-state index contributed by atoms with van der Waals surface area (Å²) in [5.41, 5.74) is -3.11. The average molecular weight is 696 g/mol. The Morgan fingerprint density at radius 3 is 2.50 bits per heavy atom. The highest BCUT2D eigenvalue weighted by molar-refractivity contribution is 6.31. The number of hydrogen-bond acceptors (Lipinski definition) is 13. The van der Waals surface area contributed by atoms with Crippen molar-refractivity contribution in [3.05, 3.63) is 51.6 Å². The van der Waals surface area contributed by atoms with Crippen LogP contribution in [-0.2, 0) is 34.9 Å². The maximum atomic E-state index is 14.1. The molecular formula is C37H45NO12. The zero-order chi connectivity index (χ0) is 35.9. The van der Waals surface area contributed by atoms with Gasteiger partial charge >= 0.3 is 0 Å². The molecule has 2 aliphatic carbocycles. The molecule has 8 atom stereocenters. The van der Waals surface area contributed by atoms with E-state index in [1.165, 1.54) is 13.2 Å². The highest BCUT2D eigenvalue weighted by Gasteiger charge is 2.55. The summed E-state index contributed by atoms with van der Waals surface area (Å²) in [7, 11) is 2.95. The molecule has 3 saturated heterocycles. The highest BCUT2D eigenvalue weighted by Crippen LogP contribution is 2.53. The second-order valence-electron chi connectivity index (χ2n) is 15.0. The quantitative estimate of drug-likeness (QED) is 0.309. The summed E-state index contributed by atoms with van der Waals surface area (Å²) in [6.45, 7) is 8.04. The van der Waals surface area contributed by atoms with Gasteiger partial charge < -0.3 is 43.7 Å². The van der Waals surface area contributed by atoms with Gasteiger partial charge in [-0.05, 0) is 58.9 Å². The van der Waals surface area contributed by atoms with Gasteiger partial charge in [0.15, 0.2) is 24.1 Å². The number of Topliss-reactive ketones (excluding diaryl/α,β-unsaturated/α-hetero) is 1. The lowest BCUT2D eigenvalue weighted by Crippen LogP contribution is -2.55. The first kappa shape index (κ1) is 35.0. The van der Waals surface area contributed by atoms with E-state index in [9.17, 15) is 29.7 Å². The summed E-state index contributed by atoms with van der Waals surface area (Å²) in [4.78, 5) is 43.9. The smallest absolute Gasteiger partial charge is 0.202 e. The molecule has 5 aliphatic rings. The largest absolute Gasteiger partial charge is 0.507 e. The molecule has 2 aromatic carbocycles. The van der Waals surface area contributed by atoms with Gasteiger partial charge in [-0.3, -0.25) is 19.3 Å². The van der Waals surface area contributed by atoms with Crippen LogP contribution in [0.2, 0.25) is 0 Å². The van der Waals surface area contributed by atoms with Crippen molar-refractivity contribution in [3.8, 4) is 17.2 Å². The zero-order valence-corrected chi connectivity index (χ0v) is 29.2. The Bertz CT molecular complexity index is 1730. The molecule has 7 rings (SSSR count). The molecule has 0 aromatic heterocycles. The third-order valence-electron chi connectivity index (χ3n) is 10.8. The van der Waals surface area contributed by atoms with Gasteiger partial charge in [0, 0.05) is 42.8 Å². The van der Waals surface area contributed by atoms with Crippen molar-refractivity contribution in [1.29, 1.82) is 0 Å². The topological polar surface area (TPSA) is 171 Å². The van der Waals surface area contributed by atoms with Gasteiger partial charge in [0.1, 0.15) is 35.6 Å². The number of nitrogens with zero attached hydrogens (tertiary/aromatic N) is 1. The third-order valence-corrected chi connectivity index (χ3v) is 10.8. The third kappa shape index (κ3) is 5.63. The molecule has 3 fully saturated rings. The fourth-order valence-electron chi connectivity index (χ4n) is 8.57. The van der Waals surface area contributed by atoms with Crippen LogP contribution in [0.15, 0.2) is 18.2 Å². The van der Waals surface area contributed by atoms with Gasteiger partial charge in [0.25, 0.3) is 0 Å². The summed E-state index contributed by atoms with van der Waals surface area (Å²) in [5, 5.41) is 35.9. The number of rotatable bonds is 7. The van der Waals surface area contributed by atoms with E-state index in [2.05, 4.69) is 4.90 Å². The normalized spacial score (nSPS) is 32.1. The Balaban J connectivity index is 1.29. The van der Waals surface area contributed by atoms with Gasteiger partial charge in [-0.1, -0.05) is 12.1 Å². The Hall–Kier alpha value is -3.43. The lowest BCUT2D eigenvalue weighted by Gasteiger charge is -2.43. The van der Waals surface area contributed by atoms with E-state index < -0.39 is 71.0 Å². The maximum Gasteiger partial charge on any atom is 0.202 e. The van der Waals surface area contributed by atoms with E-state index >= 15 is 0 Å². The van der Waals surface area contributed by atoms with Gasteiger partial charge in [-0.25, -0.2) is 0 Å². The van der Waals surface area contributed by atoms with Crippen molar-refractivity contribution < 1.29 is 58.1 Å². The van der Waals surface area contributed by atoms with Crippen molar-refractivity contribution in [2.75, 3.05) is 34.0 Å². The first-order chi connectivity index (χ1) is 23.7. The lowest BCUT2D eigenvalue weighted by molar-refractivity contribution is -0.246. The van der Waals surface area contributed by atoms with Crippen LogP contribution < -0.4 is 4.74 Å². The van der Waals surface area contributed by atoms with Gasteiger partial charge in [-0.15, -0.1) is 0 Å². The number of ether oxygens (including phenoxy) is 6. The molecule has 50 heavy (non-hydrogen) atoms. The molecule has 0 radical (unpaired) electrons. The van der Waals surface area contributed by atoms with Crippen LogP contribution in [0.3, 0.4) is 0 Å². The average Bonchev–Trinajstić information content (AvgIpc) is 3.46. The number of ketones is 3. The van der Waals surface area contributed by atoms with E-state index in [0.29, 0.717) is 19.6 Å². The molecular weight excluding hydrogens is 650 g/mol. The predicted molar refractivity (Wildman–Crippen MR) is 176 cm³/mol. The zero-order valence-electron chi connectivity index (χ0n) is 29.2. The number of aromatic hydroxyl groups is 2. The van der Waals surface area contributed by atoms with Crippen LogP contribution in [0.1, 0.15) is 95.8 Å². The summed E-state index contributed by atoms with van der Waals surface area (Å²) in [6, 6.07) is 4.53. The summed E-state index contributed by atoms with van der Waals surface area (Å²) in [6.07, 6.45) is -1.70. The number of methoxy groups -OCH3 is 2. The molecule has 3 heterocycles. The number of morpholine rings is 1. The minimum absolute atomic E-state index is 0.00772. The molecule has 3 aliphatic heterocycles. The van der Waals surface area contributed by atoms with E-state index in [4.69, 9.17) is 28.4 Å². The monoisotopic (exact) mass is 695 g/mol.